The molecular formula is C15H25N3. The first kappa shape index (κ1) is 14.8. The van der Waals surface area contributed by atoms with E-state index in [1.54, 1.807) is 7.05 Å². The summed E-state index contributed by atoms with van der Waals surface area (Å²) in [6.07, 6.45) is 1.15. The first-order valence-electron chi connectivity index (χ1n) is 6.63. The minimum absolute atomic E-state index is 0.583. The monoisotopic (exact) mass is 247 g/mol. The number of benzene rings is 1. The molecule has 2 atom stereocenters. The summed E-state index contributed by atoms with van der Waals surface area (Å²) in [5.41, 5.74) is 2.32. The Morgan fingerprint density at radius 2 is 2.00 bits per heavy atom. The van der Waals surface area contributed by atoms with E-state index in [1.807, 2.05) is 6.07 Å². The van der Waals surface area contributed by atoms with Gasteiger partial charge in [-0.2, -0.15) is 10.2 Å². The average Bonchev–Trinajstić information content (AvgIpc) is 2.30. The zero-order valence-electron chi connectivity index (χ0n) is 12.2. The summed E-state index contributed by atoms with van der Waals surface area (Å²) >= 11 is 0. The number of rotatable bonds is 6. The maximum Gasteiger partial charge on any atom is 0.0855 e. The van der Waals surface area contributed by atoms with Gasteiger partial charge in [-0.3, -0.25) is 0 Å². The van der Waals surface area contributed by atoms with Crippen LogP contribution in [0.15, 0.2) is 34.5 Å². The van der Waals surface area contributed by atoms with E-state index in [1.165, 1.54) is 5.56 Å². The van der Waals surface area contributed by atoms with Crippen LogP contribution in [0, 0.1) is 5.92 Å². The summed E-state index contributed by atoms with van der Waals surface area (Å²) in [6, 6.07) is 8.44. The fraction of sp³-hybridized carbons (Fsp3) is 0.600. The van der Waals surface area contributed by atoms with Gasteiger partial charge in [0, 0.05) is 13.6 Å². The first-order valence-corrected chi connectivity index (χ1v) is 6.63. The number of hydrogen-bond donors (Lipinski definition) is 0. The molecule has 0 heterocycles. The van der Waals surface area contributed by atoms with Crippen molar-refractivity contribution in [3.05, 3.63) is 29.8 Å². The maximum atomic E-state index is 4.12. The predicted octanol–water partition coefficient (Wildman–Crippen LogP) is 4.09. The van der Waals surface area contributed by atoms with Gasteiger partial charge in [-0.1, -0.05) is 26.0 Å². The van der Waals surface area contributed by atoms with E-state index in [-0.39, 0.29) is 0 Å². The maximum absolute atomic E-state index is 4.12. The molecule has 3 heteroatoms. The van der Waals surface area contributed by atoms with Gasteiger partial charge in [0.15, 0.2) is 0 Å². The van der Waals surface area contributed by atoms with Gasteiger partial charge in [0.2, 0.25) is 0 Å². The van der Waals surface area contributed by atoms with Gasteiger partial charge in [-0.05, 0) is 50.0 Å². The van der Waals surface area contributed by atoms with E-state index in [2.05, 4.69) is 61.3 Å². The molecule has 0 saturated heterocycles. The molecule has 100 valence electrons. The second kappa shape index (κ2) is 7.27. The molecular weight excluding hydrogens is 222 g/mol. The molecule has 0 aliphatic heterocycles. The van der Waals surface area contributed by atoms with Crippen LogP contribution in [-0.2, 0) is 0 Å². The predicted molar refractivity (Wildman–Crippen MR) is 77.6 cm³/mol. The standard InChI is InChI=1S/C15H25N3/c1-6-15(12(2)11-18(4)5)13-8-7-9-14(10-13)17-16-3/h7-10,12,15H,6,11H2,1-5H3/b17-16+/t12-,15+/m0/s1. The van der Waals surface area contributed by atoms with E-state index in [9.17, 15) is 0 Å². The van der Waals surface area contributed by atoms with E-state index in [4.69, 9.17) is 0 Å². The van der Waals surface area contributed by atoms with Crippen LogP contribution in [0.3, 0.4) is 0 Å². The Bertz CT molecular complexity index is 385. The SMILES string of the molecule is CC[C@@H](c1cccc(/N=N/C)c1)[C@@H](C)CN(C)C. The van der Waals surface area contributed by atoms with E-state index in [0.29, 0.717) is 11.8 Å². The van der Waals surface area contributed by atoms with E-state index >= 15 is 0 Å². The van der Waals surface area contributed by atoms with Crippen molar-refractivity contribution in [1.82, 2.24) is 4.90 Å². The summed E-state index contributed by atoms with van der Waals surface area (Å²) in [4.78, 5) is 2.25. The highest BCUT2D eigenvalue weighted by molar-refractivity contribution is 5.40. The normalized spacial score (nSPS) is 15.2. The Kier molecular flexibility index (Phi) is 5.99. The van der Waals surface area contributed by atoms with Crippen molar-refractivity contribution >= 4 is 5.69 Å². The molecule has 0 radical (unpaired) electrons. The Morgan fingerprint density at radius 1 is 1.28 bits per heavy atom. The van der Waals surface area contributed by atoms with Gasteiger partial charge in [0.05, 0.1) is 5.69 Å². The fourth-order valence-electron chi connectivity index (χ4n) is 2.60. The smallest absolute Gasteiger partial charge is 0.0855 e. The molecule has 3 nitrogen and oxygen atoms in total. The van der Waals surface area contributed by atoms with Crippen LogP contribution < -0.4 is 0 Å². The lowest BCUT2D eigenvalue weighted by molar-refractivity contribution is 0.301. The molecule has 1 aromatic carbocycles. The average molecular weight is 247 g/mol. The molecule has 0 unspecified atom stereocenters. The summed E-state index contributed by atoms with van der Waals surface area (Å²) in [6.45, 7) is 5.69. The fourth-order valence-corrected chi connectivity index (χ4v) is 2.60. The molecule has 0 saturated carbocycles. The van der Waals surface area contributed by atoms with Gasteiger partial charge < -0.3 is 4.90 Å². The molecule has 0 fully saturated rings. The third kappa shape index (κ3) is 4.22. The summed E-state index contributed by atoms with van der Waals surface area (Å²) in [5.74, 6) is 1.22. The quantitative estimate of drug-likeness (QED) is 0.696. The molecule has 18 heavy (non-hydrogen) atoms. The third-order valence-corrected chi connectivity index (χ3v) is 3.29. The van der Waals surface area contributed by atoms with Crippen LogP contribution in [0.2, 0.25) is 0 Å². The summed E-state index contributed by atoms with van der Waals surface area (Å²) in [5, 5.41) is 7.96. The van der Waals surface area contributed by atoms with Crippen LogP contribution in [0.1, 0.15) is 31.7 Å². The van der Waals surface area contributed by atoms with Gasteiger partial charge in [-0.25, -0.2) is 0 Å². The Balaban J connectivity index is 2.90. The van der Waals surface area contributed by atoms with Crippen molar-refractivity contribution in [1.29, 1.82) is 0 Å². The van der Waals surface area contributed by atoms with Crippen molar-refractivity contribution in [2.45, 2.75) is 26.2 Å². The van der Waals surface area contributed by atoms with Crippen molar-refractivity contribution in [3.8, 4) is 0 Å². The van der Waals surface area contributed by atoms with Crippen LogP contribution >= 0.6 is 0 Å². The zero-order chi connectivity index (χ0) is 13.5. The van der Waals surface area contributed by atoms with Crippen LogP contribution in [-0.4, -0.2) is 32.6 Å². The van der Waals surface area contributed by atoms with Crippen molar-refractivity contribution in [2.24, 2.45) is 16.1 Å². The topological polar surface area (TPSA) is 28.0 Å². The second-order valence-corrected chi connectivity index (χ2v) is 5.15. The lowest BCUT2D eigenvalue weighted by atomic mass is 9.85. The lowest BCUT2D eigenvalue weighted by Crippen LogP contribution is -2.24. The Labute approximate surface area is 111 Å². The number of hydrogen-bond acceptors (Lipinski definition) is 3. The van der Waals surface area contributed by atoms with Gasteiger partial charge >= 0.3 is 0 Å². The Hall–Kier alpha value is -1.22. The van der Waals surface area contributed by atoms with Crippen molar-refractivity contribution in [2.75, 3.05) is 27.7 Å². The first-order chi connectivity index (χ1) is 8.58. The molecule has 0 aliphatic carbocycles. The van der Waals surface area contributed by atoms with Crippen molar-refractivity contribution in [3.63, 3.8) is 0 Å². The largest absolute Gasteiger partial charge is 0.309 e. The second-order valence-electron chi connectivity index (χ2n) is 5.15. The number of nitrogens with zero attached hydrogens (tertiary/aromatic N) is 3. The van der Waals surface area contributed by atoms with Crippen LogP contribution in [0.25, 0.3) is 0 Å². The van der Waals surface area contributed by atoms with Crippen LogP contribution in [0.4, 0.5) is 5.69 Å². The molecule has 0 bridgehead atoms. The van der Waals surface area contributed by atoms with E-state index in [0.717, 1.165) is 18.7 Å². The lowest BCUT2D eigenvalue weighted by Gasteiger charge is -2.26. The van der Waals surface area contributed by atoms with Gasteiger partial charge in [0.1, 0.15) is 0 Å². The van der Waals surface area contributed by atoms with Crippen molar-refractivity contribution < 1.29 is 0 Å². The molecule has 1 aromatic rings. The Morgan fingerprint density at radius 3 is 2.56 bits per heavy atom. The summed E-state index contributed by atoms with van der Waals surface area (Å²) in [7, 11) is 5.97. The molecule has 0 aromatic heterocycles. The van der Waals surface area contributed by atoms with Gasteiger partial charge in [-0.15, -0.1) is 0 Å². The molecule has 1 rings (SSSR count). The minimum Gasteiger partial charge on any atom is -0.309 e. The minimum atomic E-state index is 0.583. The highest BCUT2D eigenvalue weighted by atomic mass is 15.1. The third-order valence-electron chi connectivity index (χ3n) is 3.29. The molecule has 0 N–H and O–H groups in total. The molecule has 0 spiro atoms. The zero-order valence-corrected chi connectivity index (χ0v) is 12.2. The highest BCUT2D eigenvalue weighted by Gasteiger charge is 2.18. The van der Waals surface area contributed by atoms with Gasteiger partial charge in [0.25, 0.3) is 0 Å². The number of azo groups is 1. The molecule has 0 aliphatic rings. The highest BCUT2D eigenvalue weighted by Crippen LogP contribution is 2.30. The van der Waals surface area contributed by atoms with E-state index < -0.39 is 0 Å². The van der Waals surface area contributed by atoms with Crippen LogP contribution in [0.5, 0.6) is 0 Å². The molecule has 0 amide bonds. The summed E-state index contributed by atoms with van der Waals surface area (Å²) < 4.78 is 0.